The van der Waals surface area contributed by atoms with Crippen molar-refractivity contribution in [3.63, 3.8) is 0 Å². The normalized spacial score (nSPS) is 11.8. The number of furan rings is 1. The van der Waals surface area contributed by atoms with Crippen molar-refractivity contribution >= 4 is 43.7 Å². The quantitative estimate of drug-likeness (QED) is 0.272. The van der Waals surface area contributed by atoms with Crippen LogP contribution in [0.2, 0.25) is 0 Å². The molecule has 0 saturated heterocycles. The van der Waals surface area contributed by atoms with Gasteiger partial charge in [0.25, 0.3) is 0 Å². The third kappa shape index (κ3) is 2.68. The molecule has 2 heterocycles. The second-order valence-corrected chi connectivity index (χ2v) is 8.68. The van der Waals surface area contributed by atoms with Gasteiger partial charge >= 0.3 is 0 Å². The SMILES string of the molecule is Cc1cccc2oc3ccc(-c4ccc5c6ccccc6n(-c6ccccc6)c5c4)cc3c12. The fourth-order valence-corrected chi connectivity index (χ4v) is 5.19. The molecule has 0 aliphatic carbocycles. The molecule has 156 valence electrons. The number of hydrogen-bond donors (Lipinski definition) is 0. The van der Waals surface area contributed by atoms with Crippen molar-refractivity contribution in [2.45, 2.75) is 6.92 Å². The van der Waals surface area contributed by atoms with E-state index in [4.69, 9.17) is 4.42 Å². The van der Waals surface area contributed by atoms with Crippen LogP contribution in [0.5, 0.6) is 0 Å². The highest BCUT2D eigenvalue weighted by atomic mass is 16.3. The van der Waals surface area contributed by atoms with E-state index in [-0.39, 0.29) is 0 Å². The highest BCUT2D eigenvalue weighted by molar-refractivity contribution is 6.11. The molecule has 0 N–H and O–H groups in total. The molecule has 0 fully saturated rings. The minimum absolute atomic E-state index is 0.933. The molecule has 7 aromatic rings. The minimum Gasteiger partial charge on any atom is -0.456 e. The molecular weight excluding hydrogens is 402 g/mol. The van der Waals surface area contributed by atoms with E-state index in [0.717, 1.165) is 11.2 Å². The molecule has 0 amide bonds. The number of rotatable bonds is 2. The topological polar surface area (TPSA) is 18.1 Å². The van der Waals surface area contributed by atoms with Gasteiger partial charge in [0, 0.05) is 27.2 Å². The molecule has 0 bridgehead atoms. The van der Waals surface area contributed by atoms with Crippen LogP contribution in [0.4, 0.5) is 0 Å². The van der Waals surface area contributed by atoms with Crippen LogP contribution < -0.4 is 0 Å². The Morgan fingerprint density at radius 3 is 2.21 bits per heavy atom. The van der Waals surface area contributed by atoms with Crippen LogP contribution in [0.1, 0.15) is 5.56 Å². The lowest BCUT2D eigenvalue weighted by Crippen LogP contribution is -1.93. The van der Waals surface area contributed by atoms with Crippen LogP contribution in [0.25, 0.3) is 60.6 Å². The van der Waals surface area contributed by atoms with Gasteiger partial charge in [0.1, 0.15) is 11.2 Å². The first-order chi connectivity index (χ1) is 16.3. The average Bonchev–Trinajstić information content (AvgIpc) is 3.40. The Balaban J connectivity index is 1.51. The highest BCUT2D eigenvalue weighted by Gasteiger charge is 2.14. The van der Waals surface area contributed by atoms with Crippen molar-refractivity contribution < 1.29 is 4.42 Å². The Bertz CT molecular complexity index is 1820. The summed E-state index contributed by atoms with van der Waals surface area (Å²) < 4.78 is 8.47. The predicted octanol–water partition coefficient (Wildman–Crippen LogP) is 8.66. The van der Waals surface area contributed by atoms with Crippen molar-refractivity contribution in [3.8, 4) is 16.8 Å². The fourth-order valence-electron chi connectivity index (χ4n) is 5.19. The maximum atomic E-state index is 6.11. The molecule has 7 rings (SSSR count). The summed E-state index contributed by atoms with van der Waals surface area (Å²) >= 11 is 0. The van der Waals surface area contributed by atoms with Crippen LogP contribution >= 0.6 is 0 Å². The lowest BCUT2D eigenvalue weighted by atomic mass is 10.00. The van der Waals surface area contributed by atoms with Gasteiger partial charge in [-0.3, -0.25) is 0 Å². The van der Waals surface area contributed by atoms with Crippen LogP contribution in [0.3, 0.4) is 0 Å². The maximum Gasteiger partial charge on any atom is 0.135 e. The van der Waals surface area contributed by atoms with Gasteiger partial charge in [-0.25, -0.2) is 0 Å². The van der Waals surface area contributed by atoms with Crippen LogP contribution in [-0.4, -0.2) is 4.57 Å². The van der Waals surface area contributed by atoms with Gasteiger partial charge in [-0.1, -0.05) is 66.7 Å². The molecule has 2 heteroatoms. The van der Waals surface area contributed by atoms with Gasteiger partial charge in [0.15, 0.2) is 0 Å². The molecule has 0 aliphatic heterocycles. The number of benzene rings is 5. The second-order valence-electron chi connectivity index (χ2n) is 8.68. The Morgan fingerprint density at radius 1 is 0.545 bits per heavy atom. The fraction of sp³-hybridized carbons (Fsp3) is 0.0323. The van der Waals surface area contributed by atoms with Crippen LogP contribution in [-0.2, 0) is 0 Å². The van der Waals surface area contributed by atoms with E-state index in [1.165, 1.54) is 55.0 Å². The lowest BCUT2D eigenvalue weighted by molar-refractivity contribution is 0.669. The van der Waals surface area contributed by atoms with E-state index in [1.807, 2.05) is 6.07 Å². The van der Waals surface area contributed by atoms with E-state index in [0.29, 0.717) is 0 Å². The molecule has 33 heavy (non-hydrogen) atoms. The first-order valence-electron chi connectivity index (χ1n) is 11.3. The van der Waals surface area contributed by atoms with Crippen molar-refractivity contribution in [2.75, 3.05) is 0 Å². The summed E-state index contributed by atoms with van der Waals surface area (Å²) in [5.74, 6) is 0. The average molecular weight is 424 g/mol. The highest BCUT2D eigenvalue weighted by Crippen LogP contribution is 2.37. The second kappa shape index (κ2) is 6.85. The van der Waals surface area contributed by atoms with Gasteiger partial charge < -0.3 is 8.98 Å². The smallest absolute Gasteiger partial charge is 0.135 e. The predicted molar refractivity (Wildman–Crippen MR) is 138 cm³/mol. The molecule has 0 atom stereocenters. The molecule has 0 aliphatic rings. The molecule has 2 nitrogen and oxygen atoms in total. The summed E-state index contributed by atoms with van der Waals surface area (Å²) in [5, 5.41) is 4.91. The van der Waals surface area contributed by atoms with E-state index < -0.39 is 0 Å². The van der Waals surface area contributed by atoms with Crippen LogP contribution in [0, 0.1) is 6.92 Å². The summed E-state index contributed by atoms with van der Waals surface area (Å²) in [6.07, 6.45) is 0. The number of fused-ring (bicyclic) bond motifs is 6. The van der Waals surface area contributed by atoms with Gasteiger partial charge in [-0.05, 0) is 66.1 Å². The zero-order valence-corrected chi connectivity index (χ0v) is 18.2. The number of aromatic nitrogens is 1. The molecule has 0 radical (unpaired) electrons. The number of aryl methyl sites for hydroxylation is 1. The summed E-state index contributed by atoms with van der Waals surface area (Å²) in [6.45, 7) is 2.15. The van der Waals surface area contributed by atoms with Crippen molar-refractivity contribution in [3.05, 3.63) is 115 Å². The standard InChI is InChI=1S/C31H21NO/c1-20-8-7-13-30-31(20)26-18-21(15-17-29(26)33-30)22-14-16-25-24-11-5-6-12-27(24)32(28(25)19-22)23-9-3-2-4-10-23/h2-19H,1H3. The molecule has 0 saturated carbocycles. The molecule has 0 unspecified atom stereocenters. The Kier molecular flexibility index (Phi) is 3.80. The van der Waals surface area contributed by atoms with Gasteiger partial charge in [0.2, 0.25) is 0 Å². The van der Waals surface area contributed by atoms with Crippen molar-refractivity contribution in [1.29, 1.82) is 0 Å². The Hall–Kier alpha value is -4.30. The Morgan fingerprint density at radius 2 is 1.30 bits per heavy atom. The molecular formula is C31H21NO. The lowest BCUT2D eigenvalue weighted by Gasteiger charge is -2.09. The van der Waals surface area contributed by atoms with Crippen molar-refractivity contribution in [1.82, 2.24) is 4.57 Å². The minimum atomic E-state index is 0.933. The number of hydrogen-bond acceptors (Lipinski definition) is 1. The summed E-state index contributed by atoms with van der Waals surface area (Å²) in [7, 11) is 0. The number of nitrogens with zero attached hydrogens (tertiary/aromatic N) is 1. The monoisotopic (exact) mass is 423 g/mol. The zero-order chi connectivity index (χ0) is 21.9. The van der Waals surface area contributed by atoms with Gasteiger partial charge in [0.05, 0.1) is 11.0 Å². The summed E-state index contributed by atoms with van der Waals surface area (Å²) in [4.78, 5) is 0. The molecule has 0 spiro atoms. The molecule has 5 aromatic carbocycles. The number of para-hydroxylation sites is 2. The van der Waals surface area contributed by atoms with Crippen molar-refractivity contribution in [2.24, 2.45) is 0 Å². The Labute approximate surface area is 191 Å². The van der Waals surface area contributed by atoms with E-state index in [2.05, 4.69) is 115 Å². The first kappa shape index (κ1) is 18.3. The van der Waals surface area contributed by atoms with E-state index >= 15 is 0 Å². The summed E-state index contributed by atoms with van der Waals surface area (Å²) in [5.41, 5.74) is 9.13. The maximum absolute atomic E-state index is 6.11. The van der Waals surface area contributed by atoms with Gasteiger partial charge in [-0.2, -0.15) is 0 Å². The van der Waals surface area contributed by atoms with Gasteiger partial charge in [-0.15, -0.1) is 0 Å². The van der Waals surface area contributed by atoms with E-state index in [1.54, 1.807) is 0 Å². The summed E-state index contributed by atoms with van der Waals surface area (Å²) in [6, 6.07) is 38.8. The van der Waals surface area contributed by atoms with E-state index in [9.17, 15) is 0 Å². The molecule has 2 aromatic heterocycles. The third-order valence-corrected chi connectivity index (χ3v) is 6.72. The largest absolute Gasteiger partial charge is 0.456 e. The first-order valence-corrected chi connectivity index (χ1v) is 11.3. The third-order valence-electron chi connectivity index (χ3n) is 6.72. The zero-order valence-electron chi connectivity index (χ0n) is 18.2. The van der Waals surface area contributed by atoms with Crippen LogP contribution in [0.15, 0.2) is 114 Å².